The number of hydrogen-bond acceptors (Lipinski definition) is 5. The van der Waals surface area contributed by atoms with E-state index in [0.29, 0.717) is 10.0 Å². The van der Waals surface area contributed by atoms with Crippen molar-refractivity contribution < 1.29 is 9.90 Å². The first-order chi connectivity index (χ1) is 7.61. The third-order valence-corrected chi connectivity index (χ3v) is 4.37. The van der Waals surface area contributed by atoms with Crippen molar-refractivity contribution in [2.75, 3.05) is 5.73 Å². The van der Waals surface area contributed by atoms with Crippen LogP contribution in [0.5, 0.6) is 0 Å². The molecular weight excluding hydrogens is 244 g/mol. The van der Waals surface area contributed by atoms with Crippen molar-refractivity contribution in [2.24, 2.45) is 0 Å². The monoisotopic (exact) mass is 254 g/mol. The topological polar surface area (TPSA) is 76.2 Å². The smallest absolute Gasteiger partial charge is 0.356 e. The van der Waals surface area contributed by atoms with E-state index in [0.717, 1.165) is 11.3 Å². The summed E-state index contributed by atoms with van der Waals surface area (Å²) in [5, 5.41) is 9.29. The number of hydrogen-bond donors (Lipinski definition) is 2. The van der Waals surface area contributed by atoms with Gasteiger partial charge in [-0.15, -0.1) is 11.3 Å². The lowest BCUT2D eigenvalue weighted by Gasteiger charge is -1.92. The van der Waals surface area contributed by atoms with E-state index < -0.39 is 5.97 Å². The molecule has 0 saturated carbocycles. The summed E-state index contributed by atoms with van der Waals surface area (Å²) in [5.41, 5.74) is 5.59. The normalized spacial score (nSPS) is 10.6. The van der Waals surface area contributed by atoms with Gasteiger partial charge >= 0.3 is 5.97 Å². The molecule has 0 atom stereocenters. The van der Waals surface area contributed by atoms with E-state index in [1.807, 2.05) is 12.1 Å². The molecule has 2 rings (SSSR count). The molecule has 3 N–H and O–H groups in total. The molecular formula is C10H10N2O2S2. The van der Waals surface area contributed by atoms with Crippen molar-refractivity contribution >= 4 is 33.8 Å². The molecule has 0 saturated heterocycles. The summed E-state index contributed by atoms with van der Waals surface area (Å²) in [4.78, 5) is 17.6. The maximum atomic E-state index is 11.0. The van der Waals surface area contributed by atoms with Gasteiger partial charge in [0.15, 0.2) is 10.8 Å². The maximum Gasteiger partial charge on any atom is 0.356 e. The molecule has 6 heteroatoms. The Kier molecular flexibility index (Phi) is 2.93. The molecule has 4 nitrogen and oxygen atoms in total. The Bertz CT molecular complexity index is 531. The van der Waals surface area contributed by atoms with Crippen LogP contribution < -0.4 is 5.73 Å². The molecule has 0 unspecified atom stereocenters. The first kappa shape index (κ1) is 11.1. The van der Waals surface area contributed by atoms with Gasteiger partial charge in [-0.05, 0) is 18.6 Å². The quantitative estimate of drug-likeness (QED) is 0.883. The fourth-order valence-corrected chi connectivity index (χ4v) is 3.22. The Balaban J connectivity index is 2.50. The van der Waals surface area contributed by atoms with Crippen LogP contribution in [0.4, 0.5) is 5.13 Å². The summed E-state index contributed by atoms with van der Waals surface area (Å²) in [6.07, 6.45) is 0.946. The lowest BCUT2D eigenvalue weighted by Crippen LogP contribution is -1.98. The van der Waals surface area contributed by atoms with Crippen molar-refractivity contribution in [3.05, 3.63) is 22.7 Å². The number of thiazole rings is 1. The number of nitrogen functional groups attached to an aromatic ring is 1. The number of nitrogens with zero attached hydrogens (tertiary/aromatic N) is 1. The van der Waals surface area contributed by atoms with Crippen molar-refractivity contribution in [1.82, 2.24) is 4.98 Å². The highest BCUT2D eigenvalue weighted by Crippen LogP contribution is 2.36. The zero-order chi connectivity index (χ0) is 11.7. The highest BCUT2D eigenvalue weighted by atomic mass is 32.1. The molecule has 0 aliphatic rings. The highest BCUT2D eigenvalue weighted by Gasteiger charge is 2.18. The summed E-state index contributed by atoms with van der Waals surface area (Å²) in [7, 11) is 0. The predicted molar refractivity (Wildman–Crippen MR) is 66.2 cm³/mol. The molecule has 0 radical (unpaired) electrons. The van der Waals surface area contributed by atoms with E-state index in [9.17, 15) is 4.79 Å². The molecule has 16 heavy (non-hydrogen) atoms. The number of rotatable bonds is 3. The van der Waals surface area contributed by atoms with Gasteiger partial charge in [-0.3, -0.25) is 0 Å². The minimum absolute atomic E-state index is 0.0482. The zero-order valence-electron chi connectivity index (χ0n) is 8.56. The van der Waals surface area contributed by atoms with Crippen molar-refractivity contribution in [2.45, 2.75) is 13.3 Å². The van der Waals surface area contributed by atoms with Gasteiger partial charge in [-0.1, -0.05) is 18.3 Å². The van der Waals surface area contributed by atoms with Crippen LogP contribution in [0.1, 0.15) is 22.3 Å². The van der Waals surface area contributed by atoms with Crippen LogP contribution in [0.3, 0.4) is 0 Å². The number of anilines is 1. The minimum atomic E-state index is -1.03. The first-order valence-corrected chi connectivity index (χ1v) is 6.33. The molecule has 0 fully saturated rings. The van der Waals surface area contributed by atoms with Crippen LogP contribution in [0.15, 0.2) is 12.1 Å². The van der Waals surface area contributed by atoms with Crippen LogP contribution >= 0.6 is 22.7 Å². The molecule has 0 aromatic carbocycles. The van der Waals surface area contributed by atoms with E-state index >= 15 is 0 Å². The van der Waals surface area contributed by atoms with E-state index in [-0.39, 0.29) is 5.69 Å². The van der Waals surface area contributed by atoms with Crippen LogP contribution in [0.2, 0.25) is 0 Å². The summed E-state index contributed by atoms with van der Waals surface area (Å²) >= 11 is 2.80. The number of carbonyl (C=O) groups is 1. The molecule has 0 aliphatic heterocycles. The third kappa shape index (κ3) is 1.94. The number of thiophene rings is 1. The van der Waals surface area contributed by atoms with Crippen LogP contribution in [-0.2, 0) is 6.42 Å². The Hall–Kier alpha value is -1.40. The fourth-order valence-electron chi connectivity index (χ4n) is 1.34. The molecule has 0 aliphatic carbocycles. The van der Waals surface area contributed by atoms with Gasteiger partial charge in [0.25, 0.3) is 0 Å². The van der Waals surface area contributed by atoms with Gasteiger partial charge in [0, 0.05) is 9.75 Å². The maximum absolute atomic E-state index is 11.0. The molecule has 0 amide bonds. The summed E-state index contributed by atoms with van der Waals surface area (Å²) in [6, 6.07) is 3.92. The van der Waals surface area contributed by atoms with Crippen molar-refractivity contribution in [1.29, 1.82) is 0 Å². The molecule has 2 heterocycles. The van der Waals surface area contributed by atoms with E-state index in [1.54, 1.807) is 11.3 Å². The number of carboxylic acid groups (broad SMARTS) is 1. The molecule has 84 valence electrons. The van der Waals surface area contributed by atoms with Gasteiger partial charge in [0.2, 0.25) is 0 Å². The van der Waals surface area contributed by atoms with Crippen LogP contribution in [-0.4, -0.2) is 16.1 Å². The van der Waals surface area contributed by atoms with Gasteiger partial charge < -0.3 is 10.8 Å². The average Bonchev–Trinajstić information content (AvgIpc) is 2.82. The van der Waals surface area contributed by atoms with Crippen molar-refractivity contribution in [3.8, 4) is 9.75 Å². The SMILES string of the molecule is CCc1ccc(-c2sc(N)nc2C(=O)O)s1. The lowest BCUT2D eigenvalue weighted by atomic mass is 10.3. The molecule has 0 spiro atoms. The molecule has 2 aromatic rings. The third-order valence-electron chi connectivity index (χ3n) is 2.08. The number of carboxylic acids is 1. The molecule has 2 aromatic heterocycles. The standard InChI is InChI=1S/C10H10N2O2S2/c1-2-5-3-4-6(15-5)8-7(9(13)14)12-10(11)16-8/h3-4H,2H2,1H3,(H2,11,12)(H,13,14). The summed E-state index contributed by atoms with van der Waals surface area (Å²) < 4.78 is 0. The Morgan fingerprint density at radius 1 is 1.50 bits per heavy atom. The van der Waals surface area contributed by atoms with E-state index in [2.05, 4.69) is 11.9 Å². The number of aryl methyl sites for hydroxylation is 1. The summed E-state index contributed by atoms with van der Waals surface area (Å²) in [5.74, 6) is -1.03. The van der Waals surface area contributed by atoms with E-state index in [4.69, 9.17) is 10.8 Å². The molecule has 0 bridgehead atoms. The summed E-state index contributed by atoms with van der Waals surface area (Å²) in [6.45, 7) is 2.06. The van der Waals surface area contributed by atoms with Gasteiger partial charge in [-0.25, -0.2) is 9.78 Å². The number of nitrogens with two attached hydrogens (primary N) is 1. The van der Waals surface area contributed by atoms with E-state index in [1.165, 1.54) is 16.2 Å². The Morgan fingerprint density at radius 3 is 2.81 bits per heavy atom. The van der Waals surface area contributed by atoms with Crippen LogP contribution in [0, 0.1) is 0 Å². The van der Waals surface area contributed by atoms with Gasteiger partial charge in [-0.2, -0.15) is 0 Å². The second-order valence-corrected chi connectivity index (χ2v) is 5.35. The fraction of sp³-hybridized carbons (Fsp3) is 0.200. The second-order valence-electron chi connectivity index (χ2n) is 3.15. The minimum Gasteiger partial charge on any atom is -0.476 e. The Labute approximate surface area is 100 Å². The Morgan fingerprint density at radius 2 is 2.25 bits per heavy atom. The first-order valence-electron chi connectivity index (χ1n) is 4.70. The van der Waals surface area contributed by atoms with Crippen molar-refractivity contribution in [3.63, 3.8) is 0 Å². The zero-order valence-corrected chi connectivity index (χ0v) is 10.2. The predicted octanol–water partition coefficient (Wildman–Crippen LogP) is 2.71. The second kappa shape index (κ2) is 4.23. The average molecular weight is 254 g/mol. The lowest BCUT2D eigenvalue weighted by molar-refractivity contribution is 0.0692. The number of aromatic carboxylic acids is 1. The van der Waals surface area contributed by atoms with Gasteiger partial charge in [0.05, 0.1) is 4.88 Å². The van der Waals surface area contributed by atoms with Gasteiger partial charge in [0.1, 0.15) is 0 Å². The van der Waals surface area contributed by atoms with Crippen LogP contribution in [0.25, 0.3) is 9.75 Å². The largest absolute Gasteiger partial charge is 0.476 e. The number of aromatic nitrogens is 1. The highest BCUT2D eigenvalue weighted by molar-refractivity contribution is 7.24.